The highest BCUT2D eigenvalue weighted by molar-refractivity contribution is 5.74. The molecule has 0 spiro atoms. The van der Waals surface area contributed by atoms with E-state index in [0.29, 0.717) is 17.4 Å². The van der Waals surface area contributed by atoms with E-state index in [2.05, 4.69) is 40.5 Å². The fraction of sp³-hybridized carbons (Fsp3) is 0.667. The molecule has 1 aliphatic heterocycles. The van der Waals surface area contributed by atoms with Crippen LogP contribution >= 0.6 is 0 Å². The van der Waals surface area contributed by atoms with Crippen LogP contribution in [-0.2, 0) is 4.79 Å². The van der Waals surface area contributed by atoms with Crippen LogP contribution < -0.4 is 5.32 Å². The normalized spacial score (nSPS) is 30.0. The summed E-state index contributed by atoms with van der Waals surface area (Å²) in [6, 6.07) is 11.5. The summed E-state index contributed by atoms with van der Waals surface area (Å²) in [5, 5.41) is 13.2. The predicted molar refractivity (Wildman–Crippen MR) is 98.7 cm³/mol. The van der Waals surface area contributed by atoms with Crippen molar-refractivity contribution < 1.29 is 9.90 Å². The minimum Gasteiger partial charge on any atom is -0.481 e. The number of carboxylic acid groups (broad SMARTS) is 1. The topological polar surface area (TPSA) is 52.6 Å². The Hall–Kier alpha value is -1.39. The fourth-order valence-corrected chi connectivity index (χ4v) is 4.30. The average Bonchev–Trinajstić information content (AvgIpc) is 3.52. The maximum Gasteiger partial charge on any atom is 0.309 e. The van der Waals surface area contributed by atoms with Gasteiger partial charge in [-0.15, -0.1) is 0 Å². The molecular formula is C21H30N2O2. The molecule has 1 aromatic rings. The third-order valence-corrected chi connectivity index (χ3v) is 6.75. The molecule has 2 aliphatic carbocycles. The highest BCUT2D eigenvalue weighted by atomic mass is 16.4. The van der Waals surface area contributed by atoms with Crippen LogP contribution in [0.1, 0.15) is 50.5 Å². The largest absolute Gasteiger partial charge is 0.481 e. The van der Waals surface area contributed by atoms with Gasteiger partial charge in [-0.05, 0) is 63.1 Å². The molecule has 1 saturated heterocycles. The first-order valence-electron chi connectivity index (χ1n) is 9.74. The van der Waals surface area contributed by atoms with E-state index in [1.807, 2.05) is 6.92 Å². The molecule has 0 radical (unpaired) electrons. The van der Waals surface area contributed by atoms with E-state index in [1.165, 1.54) is 24.8 Å². The molecule has 3 fully saturated rings. The van der Waals surface area contributed by atoms with Crippen LogP contribution in [0.2, 0.25) is 0 Å². The SMILES string of the molecule is CC1(C(=O)O)CCN(CC2(CNC3CC3c3ccccc3)CC2)CC1. The first kappa shape index (κ1) is 17.0. The molecule has 0 aromatic heterocycles. The van der Waals surface area contributed by atoms with Gasteiger partial charge in [0, 0.05) is 25.0 Å². The van der Waals surface area contributed by atoms with Gasteiger partial charge in [-0.3, -0.25) is 4.79 Å². The molecular weight excluding hydrogens is 312 g/mol. The van der Waals surface area contributed by atoms with Crippen LogP contribution in [0.4, 0.5) is 0 Å². The van der Waals surface area contributed by atoms with Crippen molar-refractivity contribution in [2.24, 2.45) is 10.8 Å². The number of carboxylic acids is 1. The van der Waals surface area contributed by atoms with E-state index in [4.69, 9.17) is 0 Å². The second kappa shape index (κ2) is 6.40. The van der Waals surface area contributed by atoms with Gasteiger partial charge >= 0.3 is 5.97 Å². The molecule has 1 aromatic carbocycles. The van der Waals surface area contributed by atoms with E-state index < -0.39 is 11.4 Å². The third-order valence-electron chi connectivity index (χ3n) is 6.75. The Labute approximate surface area is 150 Å². The van der Waals surface area contributed by atoms with Crippen molar-refractivity contribution in [1.82, 2.24) is 10.2 Å². The van der Waals surface area contributed by atoms with E-state index in [-0.39, 0.29) is 0 Å². The zero-order valence-electron chi connectivity index (χ0n) is 15.2. The van der Waals surface area contributed by atoms with Gasteiger partial charge in [0.05, 0.1) is 5.41 Å². The molecule has 3 aliphatic rings. The van der Waals surface area contributed by atoms with E-state index in [9.17, 15) is 9.90 Å². The predicted octanol–water partition coefficient (Wildman–Crippen LogP) is 3.10. The number of piperidine rings is 1. The standard InChI is InChI=1S/C21H30N2O2/c1-20(19(24)25)9-11-23(12-10-20)15-21(7-8-21)14-22-18-13-17(18)16-5-3-2-4-6-16/h2-6,17-18,22H,7-15H2,1H3,(H,24,25). The summed E-state index contributed by atoms with van der Waals surface area (Å²) in [5.74, 6) is 0.0684. The summed E-state index contributed by atoms with van der Waals surface area (Å²) in [4.78, 5) is 13.9. The monoisotopic (exact) mass is 342 g/mol. The summed E-state index contributed by atoms with van der Waals surface area (Å²) in [5.41, 5.74) is 1.40. The Balaban J connectivity index is 1.23. The number of aliphatic carboxylic acids is 1. The van der Waals surface area contributed by atoms with Gasteiger partial charge in [-0.1, -0.05) is 30.3 Å². The maximum absolute atomic E-state index is 11.4. The number of hydrogen-bond donors (Lipinski definition) is 2. The number of benzene rings is 1. The molecule has 25 heavy (non-hydrogen) atoms. The maximum atomic E-state index is 11.4. The van der Waals surface area contributed by atoms with Crippen LogP contribution in [0.5, 0.6) is 0 Å². The van der Waals surface area contributed by atoms with E-state index in [0.717, 1.165) is 39.0 Å². The van der Waals surface area contributed by atoms with Gasteiger partial charge < -0.3 is 15.3 Å². The molecule has 2 atom stereocenters. The molecule has 4 rings (SSSR count). The van der Waals surface area contributed by atoms with Gasteiger partial charge in [0.2, 0.25) is 0 Å². The zero-order valence-corrected chi connectivity index (χ0v) is 15.2. The minimum absolute atomic E-state index is 0.445. The minimum atomic E-state index is -0.629. The zero-order chi connectivity index (χ0) is 17.5. The lowest BCUT2D eigenvalue weighted by Crippen LogP contribution is -2.46. The molecule has 136 valence electrons. The second-order valence-electron chi connectivity index (χ2n) is 8.88. The van der Waals surface area contributed by atoms with Crippen molar-refractivity contribution in [3.8, 4) is 0 Å². The highest BCUT2D eigenvalue weighted by Gasteiger charge is 2.47. The number of nitrogens with one attached hydrogen (secondary N) is 1. The Morgan fingerprint density at radius 1 is 1.20 bits per heavy atom. The van der Waals surface area contributed by atoms with Crippen LogP contribution in [0.15, 0.2) is 30.3 Å². The Morgan fingerprint density at radius 2 is 1.88 bits per heavy atom. The van der Waals surface area contributed by atoms with Gasteiger partial charge in [-0.25, -0.2) is 0 Å². The summed E-state index contributed by atoms with van der Waals surface area (Å²) in [7, 11) is 0. The molecule has 2 N–H and O–H groups in total. The van der Waals surface area contributed by atoms with Crippen molar-refractivity contribution in [1.29, 1.82) is 0 Å². The van der Waals surface area contributed by atoms with Gasteiger partial charge in [-0.2, -0.15) is 0 Å². The highest BCUT2D eigenvalue weighted by Crippen LogP contribution is 2.48. The van der Waals surface area contributed by atoms with Crippen LogP contribution in [0.3, 0.4) is 0 Å². The summed E-state index contributed by atoms with van der Waals surface area (Å²) < 4.78 is 0. The van der Waals surface area contributed by atoms with Crippen molar-refractivity contribution in [2.45, 2.75) is 51.0 Å². The lowest BCUT2D eigenvalue weighted by atomic mass is 9.80. The van der Waals surface area contributed by atoms with Crippen LogP contribution in [-0.4, -0.2) is 48.2 Å². The van der Waals surface area contributed by atoms with Gasteiger partial charge in [0.25, 0.3) is 0 Å². The van der Waals surface area contributed by atoms with Gasteiger partial charge in [0.1, 0.15) is 0 Å². The number of likely N-dealkylation sites (tertiary alicyclic amines) is 1. The second-order valence-corrected chi connectivity index (χ2v) is 8.88. The van der Waals surface area contributed by atoms with Crippen molar-refractivity contribution in [3.63, 3.8) is 0 Å². The lowest BCUT2D eigenvalue weighted by Gasteiger charge is -2.38. The molecule has 0 amide bonds. The third kappa shape index (κ3) is 3.75. The number of hydrogen-bond acceptors (Lipinski definition) is 3. The lowest BCUT2D eigenvalue weighted by molar-refractivity contribution is -0.150. The van der Waals surface area contributed by atoms with E-state index in [1.54, 1.807) is 0 Å². The average molecular weight is 342 g/mol. The van der Waals surface area contributed by atoms with Crippen LogP contribution in [0.25, 0.3) is 0 Å². The molecule has 0 bridgehead atoms. The van der Waals surface area contributed by atoms with E-state index >= 15 is 0 Å². The summed E-state index contributed by atoms with van der Waals surface area (Å²) in [6.45, 7) is 6.02. The quantitative estimate of drug-likeness (QED) is 0.799. The number of rotatable bonds is 7. The summed E-state index contributed by atoms with van der Waals surface area (Å²) >= 11 is 0. The molecule has 2 saturated carbocycles. The van der Waals surface area contributed by atoms with Crippen molar-refractivity contribution >= 4 is 5.97 Å². The molecule has 4 nitrogen and oxygen atoms in total. The Bertz CT molecular complexity index is 618. The number of nitrogens with zero attached hydrogens (tertiary/aromatic N) is 1. The Kier molecular flexibility index (Phi) is 4.37. The van der Waals surface area contributed by atoms with Crippen molar-refractivity contribution in [3.05, 3.63) is 35.9 Å². The Morgan fingerprint density at radius 3 is 2.48 bits per heavy atom. The van der Waals surface area contributed by atoms with Gasteiger partial charge in [0.15, 0.2) is 0 Å². The number of carbonyl (C=O) groups is 1. The smallest absolute Gasteiger partial charge is 0.309 e. The fourth-order valence-electron chi connectivity index (χ4n) is 4.30. The first-order chi connectivity index (χ1) is 12.0. The molecule has 4 heteroatoms. The van der Waals surface area contributed by atoms with Crippen LogP contribution in [0, 0.1) is 10.8 Å². The molecule has 2 unspecified atom stereocenters. The van der Waals surface area contributed by atoms with Crippen molar-refractivity contribution in [2.75, 3.05) is 26.2 Å². The molecule has 1 heterocycles. The first-order valence-corrected chi connectivity index (χ1v) is 9.74. The summed E-state index contributed by atoms with van der Waals surface area (Å²) in [6.07, 6.45) is 5.46.